The zero-order valence-electron chi connectivity index (χ0n) is 17.4. The molecular weight excluding hydrogens is 350 g/mol. The van der Waals surface area contributed by atoms with Gasteiger partial charge < -0.3 is 15.1 Å². The molecule has 6 nitrogen and oxygen atoms in total. The lowest BCUT2D eigenvalue weighted by molar-refractivity contribution is 0.0951. The van der Waals surface area contributed by atoms with E-state index in [9.17, 15) is 4.79 Å². The second kappa shape index (κ2) is 9.04. The molecule has 2 heterocycles. The van der Waals surface area contributed by atoms with E-state index in [0.29, 0.717) is 24.0 Å². The van der Waals surface area contributed by atoms with E-state index in [1.54, 1.807) is 12.4 Å². The highest BCUT2D eigenvalue weighted by Gasteiger charge is 2.21. The first-order chi connectivity index (χ1) is 13.5. The fourth-order valence-corrected chi connectivity index (χ4v) is 3.40. The summed E-state index contributed by atoms with van der Waals surface area (Å²) in [5.41, 5.74) is 4.50. The van der Waals surface area contributed by atoms with E-state index in [0.717, 1.165) is 32.6 Å². The van der Waals surface area contributed by atoms with Crippen LogP contribution in [0.5, 0.6) is 0 Å². The predicted octanol–water partition coefficient (Wildman–Crippen LogP) is 3.20. The largest absolute Gasteiger partial charge is 0.368 e. The molecule has 0 radical (unpaired) electrons. The van der Waals surface area contributed by atoms with E-state index in [2.05, 4.69) is 71.0 Å². The highest BCUT2D eigenvalue weighted by atomic mass is 16.1. The molecule has 0 spiro atoms. The van der Waals surface area contributed by atoms with Crippen molar-refractivity contribution in [2.45, 2.75) is 34.1 Å². The minimum Gasteiger partial charge on any atom is -0.368 e. The van der Waals surface area contributed by atoms with E-state index in [-0.39, 0.29) is 5.91 Å². The van der Waals surface area contributed by atoms with E-state index in [4.69, 9.17) is 0 Å². The van der Waals surface area contributed by atoms with Gasteiger partial charge in [0, 0.05) is 50.8 Å². The Morgan fingerprint density at radius 2 is 1.71 bits per heavy atom. The Morgan fingerprint density at radius 1 is 1.07 bits per heavy atom. The number of hydrogen-bond donors (Lipinski definition) is 1. The van der Waals surface area contributed by atoms with Gasteiger partial charge in [0.2, 0.25) is 5.95 Å². The zero-order valence-corrected chi connectivity index (χ0v) is 17.4. The summed E-state index contributed by atoms with van der Waals surface area (Å²) in [6.07, 6.45) is 4.23. The first-order valence-electron chi connectivity index (χ1n) is 10.1. The Kier molecular flexibility index (Phi) is 6.49. The van der Waals surface area contributed by atoms with Gasteiger partial charge in [-0.3, -0.25) is 4.79 Å². The summed E-state index contributed by atoms with van der Waals surface area (Å²) >= 11 is 0. The fraction of sp³-hybridized carbons (Fsp3) is 0.500. The van der Waals surface area contributed by atoms with Gasteiger partial charge in [-0.05, 0) is 43.4 Å². The Morgan fingerprint density at radius 3 is 2.36 bits per heavy atom. The molecule has 0 aliphatic carbocycles. The predicted molar refractivity (Wildman–Crippen MR) is 114 cm³/mol. The molecule has 0 saturated carbocycles. The number of benzene rings is 1. The lowest BCUT2D eigenvalue weighted by Gasteiger charge is -2.37. The monoisotopic (exact) mass is 381 g/mol. The molecule has 0 bridgehead atoms. The van der Waals surface area contributed by atoms with Gasteiger partial charge in [0.15, 0.2) is 0 Å². The molecule has 2 aromatic rings. The van der Waals surface area contributed by atoms with Gasteiger partial charge in [0.25, 0.3) is 5.91 Å². The van der Waals surface area contributed by atoms with E-state index >= 15 is 0 Å². The highest BCUT2D eigenvalue weighted by molar-refractivity contribution is 5.93. The van der Waals surface area contributed by atoms with Gasteiger partial charge in [-0.25, -0.2) is 9.97 Å². The standard InChI is InChI=1S/C22H31N5O/c1-16(2)8-9-23-21(28)19-14-24-22(25-15-19)27-12-10-26(11-13-27)20-7-5-6-17(3)18(20)4/h5-7,14-16H,8-13H2,1-4H3,(H,23,28). The van der Waals surface area contributed by atoms with Crippen LogP contribution in [0.25, 0.3) is 0 Å². The molecule has 0 atom stereocenters. The number of nitrogens with one attached hydrogen (secondary N) is 1. The average molecular weight is 382 g/mol. The third-order valence-corrected chi connectivity index (χ3v) is 5.39. The summed E-state index contributed by atoms with van der Waals surface area (Å²) in [6.45, 7) is 12.9. The van der Waals surface area contributed by atoms with Crippen molar-refractivity contribution in [2.24, 2.45) is 5.92 Å². The van der Waals surface area contributed by atoms with Crippen molar-refractivity contribution in [3.05, 3.63) is 47.3 Å². The van der Waals surface area contributed by atoms with Crippen LogP contribution in [0.4, 0.5) is 11.6 Å². The van der Waals surface area contributed by atoms with Gasteiger partial charge >= 0.3 is 0 Å². The van der Waals surface area contributed by atoms with Crippen LogP contribution in [0.15, 0.2) is 30.6 Å². The van der Waals surface area contributed by atoms with Crippen molar-refractivity contribution >= 4 is 17.5 Å². The highest BCUT2D eigenvalue weighted by Crippen LogP contribution is 2.24. The van der Waals surface area contributed by atoms with Gasteiger partial charge in [0.1, 0.15) is 0 Å². The number of carbonyl (C=O) groups is 1. The molecule has 1 aromatic carbocycles. The lowest BCUT2D eigenvalue weighted by atomic mass is 10.1. The normalized spacial score (nSPS) is 14.5. The molecule has 28 heavy (non-hydrogen) atoms. The van der Waals surface area contributed by atoms with Crippen LogP contribution in [0.2, 0.25) is 0 Å². The Bertz CT molecular complexity index is 795. The Balaban J connectivity index is 1.56. The molecule has 1 aliphatic rings. The molecule has 1 N–H and O–H groups in total. The summed E-state index contributed by atoms with van der Waals surface area (Å²) in [5, 5.41) is 2.92. The molecule has 0 unspecified atom stereocenters. The lowest BCUT2D eigenvalue weighted by Crippen LogP contribution is -2.47. The number of piperazine rings is 1. The topological polar surface area (TPSA) is 61.4 Å². The molecule has 1 aromatic heterocycles. The first kappa shape index (κ1) is 20.1. The maximum absolute atomic E-state index is 12.2. The Labute approximate surface area is 168 Å². The van der Waals surface area contributed by atoms with E-state index < -0.39 is 0 Å². The third kappa shape index (κ3) is 4.80. The number of nitrogens with zero attached hydrogens (tertiary/aromatic N) is 4. The number of carbonyl (C=O) groups excluding carboxylic acids is 1. The second-order valence-corrected chi connectivity index (χ2v) is 7.90. The van der Waals surface area contributed by atoms with Crippen molar-refractivity contribution < 1.29 is 4.79 Å². The van der Waals surface area contributed by atoms with Crippen LogP contribution in [0, 0.1) is 19.8 Å². The number of anilines is 2. The van der Waals surface area contributed by atoms with Crippen LogP contribution in [0.1, 0.15) is 41.8 Å². The van der Waals surface area contributed by atoms with E-state index in [1.165, 1.54) is 16.8 Å². The third-order valence-electron chi connectivity index (χ3n) is 5.39. The van der Waals surface area contributed by atoms with Crippen LogP contribution in [0.3, 0.4) is 0 Å². The van der Waals surface area contributed by atoms with Crippen molar-refractivity contribution in [2.75, 3.05) is 42.5 Å². The maximum atomic E-state index is 12.2. The average Bonchev–Trinajstić information content (AvgIpc) is 2.70. The number of hydrogen-bond acceptors (Lipinski definition) is 5. The number of amides is 1. The van der Waals surface area contributed by atoms with Crippen molar-refractivity contribution in [3.8, 4) is 0 Å². The smallest absolute Gasteiger partial charge is 0.254 e. The summed E-state index contributed by atoms with van der Waals surface area (Å²) < 4.78 is 0. The quantitative estimate of drug-likeness (QED) is 0.833. The van der Waals surface area contributed by atoms with Gasteiger partial charge in [-0.2, -0.15) is 0 Å². The fourth-order valence-electron chi connectivity index (χ4n) is 3.40. The van der Waals surface area contributed by atoms with Crippen molar-refractivity contribution in [1.82, 2.24) is 15.3 Å². The van der Waals surface area contributed by atoms with Gasteiger partial charge in [-0.1, -0.05) is 26.0 Å². The first-order valence-corrected chi connectivity index (χ1v) is 10.1. The zero-order chi connectivity index (χ0) is 20.1. The summed E-state index contributed by atoms with van der Waals surface area (Å²) in [4.78, 5) is 25.6. The SMILES string of the molecule is Cc1cccc(N2CCN(c3ncc(C(=O)NCCC(C)C)cn3)CC2)c1C. The molecule has 150 valence electrons. The summed E-state index contributed by atoms with van der Waals surface area (Å²) in [6, 6.07) is 6.47. The van der Waals surface area contributed by atoms with Crippen LogP contribution >= 0.6 is 0 Å². The van der Waals surface area contributed by atoms with Crippen molar-refractivity contribution in [1.29, 1.82) is 0 Å². The minimum absolute atomic E-state index is 0.105. The molecule has 1 fully saturated rings. The maximum Gasteiger partial charge on any atom is 0.254 e. The number of rotatable bonds is 6. The second-order valence-electron chi connectivity index (χ2n) is 7.90. The van der Waals surface area contributed by atoms with Gasteiger partial charge in [-0.15, -0.1) is 0 Å². The van der Waals surface area contributed by atoms with E-state index in [1.807, 2.05) is 0 Å². The molecular formula is C22H31N5O. The Hall–Kier alpha value is -2.63. The number of aryl methyl sites for hydroxylation is 1. The van der Waals surface area contributed by atoms with Crippen LogP contribution in [-0.4, -0.2) is 48.6 Å². The molecule has 3 rings (SSSR count). The number of aromatic nitrogens is 2. The minimum atomic E-state index is -0.105. The molecule has 1 amide bonds. The molecule has 6 heteroatoms. The van der Waals surface area contributed by atoms with Crippen LogP contribution < -0.4 is 15.1 Å². The summed E-state index contributed by atoms with van der Waals surface area (Å²) in [5.74, 6) is 1.16. The van der Waals surface area contributed by atoms with Crippen molar-refractivity contribution in [3.63, 3.8) is 0 Å². The summed E-state index contributed by atoms with van der Waals surface area (Å²) in [7, 11) is 0. The molecule has 1 aliphatic heterocycles. The van der Waals surface area contributed by atoms with Crippen LogP contribution in [-0.2, 0) is 0 Å². The van der Waals surface area contributed by atoms with Gasteiger partial charge in [0.05, 0.1) is 5.56 Å². The molecule has 1 saturated heterocycles.